The van der Waals surface area contributed by atoms with Crippen molar-refractivity contribution in [1.29, 1.82) is 0 Å². The molecule has 0 bridgehead atoms. The Balaban J connectivity index is 1.96. The van der Waals surface area contributed by atoms with Crippen LogP contribution in [0.1, 0.15) is 26.3 Å². The zero-order valence-electron chi connectivity index (χ0n) is 15.5. The van der Waals surface area contributed by atoms with Crippen molar-refractivity contribution in [1.82, 2.24) is 4.98 Å². The zero-order valence-corrected chi connectivity index (χ0v) is 16.3. The van der Waals surface area contributed by atoms with E-state index in [-0.39, 0.29) is 11.8 Å². The lowest BCUT2D eigenvalue weighted by Gasteiger charge is -2.11. The second-order valence-corrected chi connectivity index (χ2v) is 7.07. The van der Waals surface area contributed by atoms with Gasteiger partial charge in [0, 0.05) is 36.0 Å². The van der Waals surface area contributed by atoms with Crippen LogP contribution in [0.15, 0.2) is 47.8 Å². The Morgan fingerprint density at radius 2 is 1.70 bits per heavy atom. The number of aryl methyl sites for hydroxylation is 1. The van der Waals surface area contributed by atoms with Crippen molar-refractivity contribution in [3.63, 3.8) is 0 Å². The highest BCUT2D eigenvalue weighted by Crippen LogP contribution is 2.34. The molecular formula is C21H21N3O2S. The number of aromatic nitrogens is 1. The number of amides is 2. The third-order valence-corrected chi connectivity index (χ3v) is 4.93. The van der Waals surface area contributed by atoms with Crippen LogP contribution in [0, 0.1) is 0 Å². The molecule has 2 aromatic carbocycles. The average molecular weight is 379 g/mol. The Morgan fingerprint density at radius 3 is 2.33 bits per heavy atom. The van der Waals surface area contributed by atoms with Crippen LogP contribution in [-0.2, 0) is 16.0 Å². The van der Waals surface area contributed by atoms with E-state index in [1.54, 1.807) is 23.5 Å². The van der Waals surface area contributed by atoms with Crippen LogP contribution in [0.25, 0.3) is 21.8 Å². The minimum Gasteiger partial charge on any atom is -0.326 e. The summed E-state index contributed by atoms with van der Waals surface area (Å²) in [5.74, 6) is -0.343. The van der Waals surface area contributed by atoms with Gasteiger partial charge in [0.05, 0.1) is 11.4 Å². The molecule has 0 atom stereocenters. The molecule has 3 aromatic rings. The number of nitrogens with zero attached hydrogens (tertiary/aromatic N) is 1. The second-order valence-electron chi connectivity index (χ2n) is 6.21. The summed E-state index contributed by atoms with van der Waals surface area (Å²) in [5.41, 5.74) is 5.20. The fraction of sp³-hybridized carbons (Fsp3) is 0.190. The summed E-state index contributed by atoms with van der Waals surface area (Å²) in [7, 11) is 0. The first-order valence-electron chi connectivity index (χ1n) is 8.70. The topological polar surface area (TPSA) is 71.1 Å². The Bertz CT molecular complexity index is 977. The van der Waals surface area contributed by atoms with Crippen LogP contribution in [0.2, 0.25) is 0 Å². The molecule has 0 aliphatic carbocycles. The van der Waals surface area contributed by atoms with E-state index in [2.05, 4.69) is 41.8 Å². The third kappa shape index (κ3) is 4.60. The van der Waals surface area contributed by atoms with Crippen molar-refractivity contribution in [3.8, 4) is 21.8 Å². The van der Waals surface area contributed by atoms with Crippen molar-refractivity contribution in [2.24, 2.45) is 0 Å². The van der Waals surface area contributed by atoms with E-state index in [9.17, 15) is 9.59 Å². The summed E-state index contributed by atoms with van der Waals surface area (Å²) in [6.07, 6.45) is 1.00. The first kappa shape index (κ1) is 18.8. The van der Waals surface area contributed by atoms with Gasteiger partial charge in [-0.2, -0.15) is 0 Å². The number of rotatable bonds is 5. The molecule has 2 N–H and O–H groups in total. The standard InChI is InChI=1S/C21H21N3O2S/c1-4-15-5-7-16(8-6-15)21-24-20(12-27-21)18-10-9-17(22-13(2)25)11-19(18)23-14(3)26/h5-12H,4H2,1-3H3,(H,22,25)(H,23,26). The number of anilines is 2. The van der Waals surface area contributed by atoms with Gasteiger partial charge in [0.25, 0.3) is 0 Å². The SMILES string of the molecule is CCc1ccc(-c2nc(-c3ccc(NC(C)=O)cc3NC(C)=O)cs2)cc1. The fourth-order valence-corrected chi connectivity index (χ4v) is 3.58. The Labute approximate surface area is 162 Å². The first-order valence-corrected chi connectivity index (χ1v) is 9.58. The predicted molar refractivity (Wildman–Crippen MR) is 111 cm³/mol. The van der Waals surface area contributed by atoms with Crippen molar-refractivity contribution in [2.75, 3.05) is 10.6 Å². The molecule has 0 aliphatic heterocycles. The molecule has 2 amide bonds. The summed E-state index contributed by atoms with van der Waals surface area (Å²) in [4.78, 5) is 27.6. The van der Waals surface area contributed by atoms with E-state index in [0.717, 1.165) is 28.2 Å². The second kappa shape index (κ2) is 8.14. The Hall–Kier alpha value is -2.99. The molecule has 0 radical (unpaired) electrons. The summed E-state index contributed by atoms with van der Waals surface area (Å²) in [6, 6.07) is 13.8. The van der Waals surface area contributed by atoms with Gasteiger partial charge in [-0.25, -0.2) is 4.98 Å². The quantitative estimate of drug-likeness (QED) is 0.658. The van der Waals surface area contributed by atoms with E-state index in [4.69, 9.17) is 4.98 Å². The van der Waals surface area contributed by atoms with Crippen molar-refractivity contribution < 1.29 is 9.59 Å². The van der Waals surface area contributed by atoms with Gasteiger partial charge in [-0.15, -0.1) is 11.3 Å². The summed E-state index contributed by atoms with van der Waals surface area (Å²) < 4.78 is 0. The molecule has 0 unspecified atom stereocenters. The normalized spacial score (nSPS) is 10.5. The van der Waals surface area contributed by atoms with Gasteiger partial charge in [0.2, 0.25) is 11.8 Å². The van der Waals surface area contributed by atoms with E-state index in [0.29, 0.717) is 11.4 Å². The summed E-state index contributed by atoms with van der Waals surface area (Å²) >= 11 is 1.56. The highest BCUT2D eigenvalue weighted by molar-refractivity contribution is 7.13. The van der Waals surface area contributed by atoms with Gasteiger partial charge in [-0.1, -0.05) is 31.2 Å². The van der Waals surface area contributed by atoms with Gasteiger partial charge in [-0.3, -0.25) is 9.59 Å². The molecule has 27 heavy (non-hydrogen) atoms. The van der Waals surface area contributed by atoms with Gasteiger partial charge in [-0.05, 0) is 30.2 Å². The smallest absolute Gasteiger partial charge is 0.221 e. The molecule has 1 heterocycles. The molecule has 6 heteroatoms. The maximum Gasteiger partial charge on any atom is 0.221 e. The highest BCUT2D eigenvalue weighted by atomic mass is 32.1. The molecule has 5 nitrogen and oxygen atoms in total. The third-order valence-electron chi connectivity index (χ3n) is 4.04. The number of benzene rings is 2. The highest BCUT2D eigenvalue weighted by Gasteiger charge is 2.13. The molecule has 0 saturated heterocycles. The predicted octanol–water partition coefficient (Wildman–Crippen LogP) is 4.96. The van der Waals surface area contributed by atoms with Gasteiger partial charge in [0.15, 0.2) is 0 Å². The van der Waals surface area contributed by atoms with Crippen LogP contribution < -0.4 is 10.6 Å². The summed E-state index contributed by atoms with van der Waals surface area (Å²) in [6.45, 7) is 5.03. The molecule has 3 rings (SSSR count). The van der Waals surface area contributed by atoms with Crippen molar-refractivity contribution >= 4 is 34.5 Å². The van der Waals surface area contributed by atoms with E-state index >= 15 is 0 Å². The number of carbonyl (C=O) groups excluding carboxylic acids is 2. The fourth-order valence-electron chi connectivity index (χ4n) is 2.75. The lowest BCUT2D eigenvalue weighted by molar-refractivity contribution is -0.115. The lowest BCUT2D eigenvalue weighted by atomic mass is 10.1. The van der Waals surface area contributed by atoms with Crippen LogP contribution in [0.4, 0.5) is 11.4 Å². The molecule has 1 aromatic heterocycles. The minimum atomic E-state index is -0.179. The van der Waals surface area contributed by atoms with Crippen LogP contribution in [-0.4, -0.2) is 16.8 Å². The maximum absolute atomic E-state index is 11.6. The maximum atomic E-state index is 11.6. The van der Waals surface area contributed by atoms with Gasteiger partial charge < -0.3 is 10.6 Å². The monoisotopic (exact) mass is 379 g/mol. The largest absolute Gasteiger partial charge is 0.326 e. The van der Waals surface area contributed by atoms with Gasteiger partial charge >= 0.3 is 0 Å². The molecule has 0 spiro atoms. The zero-order chi connectivity index (χ0) is 19.4. The first-order chi connectivity index (χ1) is 13.0. The molecule has 0 saturated carbocycles. The van der Waals surface area contributed by atoms with Crippen molar-refractivity contribution in [3.05, 3.63) is 53.4 Å². The molecule has 0 aliphatic rings. The minimum absolute atomic E-state index is 0.164. The molecule has 0 fully saturated rings. The number of thiazole rings is 1. The number of hydrogen-bond donors (Lipinski definition) is 2. The average Bonchev–Trinajstić information content (AvgIpc) is 3.11. The van der Waals surface area contributed by atoms with Crippen LogP contribution in [0.3, 0.4) is 0 Å². The van der Waals surface area contributed by atoms with Crippen molar-refractivity contribution in [2.45, 2.75) is 27.2 Å². The summed E-state index contributed by atoms with van der Waals surface area (Å²) in [5, 5.41) is 8.45. The van der Waals surface area contributed by atoms with Crippen LogP contribution in [0.5, 0.6) is 0 Å². The number of hydrogen-bond acceptors (Lipinski definition) is 4. The van der Waals surface area contributed by atoms with E-state index < -0.39 is 0 Å². The lowest BCUT2D eigenvalue weighted by Crippen LogP contribution is -2.09. The molecular weight excluding hydrogens is 358 g/mol. The Kier molecular flexibility index (Phi) is 5.66. The van der Waals surface area contributed by atoms with Crippen LogP contribution >= 0.6 is 11.3 Å². The van der Waals surface area contributed by atoms with E-state index in [1.165, 1.54) is 19.4 Å². The Morgan fingerprint density at radius 1 is 1.00 bits per heavy atom. The number of carbonyl (C=O) groups is 2. The number of nitrogens with one attached hydrogen (secondary N) is 2. The molecule has 138 valence electrons. The van der Waals surface area contributed by atoms with E-state index in [1.807, 2.05) is 11.4 Å². The van der Waals surface area contributed by atoms with Gasteiger partial charge in [0.1, 0.15) is 5.01 Å².